The van der Waals surface area contributed by atoms with Crippen molar-refractivity contribution in [2.75, 3.05) is 39.4 Å². The lowest BCUT2D eigenvalue weighted by atomic mass is 9.96. The fourth-order valence-corrected chi connectivity index (χ4v) is 5.06. The molecular formula is C27H31N3O2. The predicted octanol–water partition coefficient (Wildman–Crippen LogP) is 4.16. The van der Waals surface area contributed by atoms with Crippen molar-refractivity contribution in [3.63, 3.8) is 0 Å². The van der Waals surface area contributed by atoms with Gasteiger partial charge in [-0.3, -0.25) is 14.7 Å². The van der Waals surface area contributed by atoms with Crippen molar-refractivity contribution < 1.29 is 9.53 Å². The van der Waals surface area contributed by atoms with E-state index in [1.807, 2.05) is 41.6 Å². The molecule has 0 aliphatic carbocycles. The van der Waals surface area contributed by atoms with Gasteiger partial charge in [-0.15, -0.1) is 0 Å². The first-order valence-electron chi connectivity index (χ1n) is 11.8. The smallest absolute Gasteiger partial charge is 0.254 e. The van der Waals surface area contributed by atoms with Crippen LogP contribution in [0, 0.1) is 5.92 Å². The number of carbonyl (C=O) groups is 1. The van der Waals surface area contributed by atoms with E-state index in [1.54, 1.807) is 0 Å². The minimum absolute atomic E-state index is 0.131. The van der Waals surface area contributed by atoms with Crippen LogP contribution in [0.15, 0.2) is 60.9 Å². The van der Waals surface area contributed by atoms with Crippen LogP contribution in [-0.4, -0.2) is 60.1 Å². The van der Waals surface area contributed by atoms with Gasteiger partial charge >= 0.3 is 0 Å². The Labute approximate surface area is 190 Å². The van der Waals surface area contributed by atoms with Crippen molar-refractivity contribution in [3.05, 3.63) is 77.6 Å². The number of rotatable bonds is 5. The summed E-state index contributed by atoms with van der Waals surface area (Å²) in [6.45, 7) is 5.72. The number of pyridine rings is 1. The highest BCUT2D eigenvalue weighted by atomic mass is 16.5. The summed E-state index contributed by atoms with van der Waals surface area (Å²) in [5.41, 5.74) is 3.20. The monoisotopic (exact) mass is 429 g/mol. The fourth-order valence-electron chi connectivity index (χ4n) is 5.06. The number of aromatic nitrogens is 1. The summed E-state index contributed by atoms with van der Waals surface area (Å²) in [6, 6.07) is 16.5. The molecule has 1 aromatic heterocycles. The van der Waals surface area contributed by atoms with Crippen LogP contribution in [-0.2, 0) is 17.7 Å². The maximum Gasteiger partial charge on any atom is 0.254 e. The molecule has 2 fully saturated rings. The molecule has 3 aromatic rings. The van der Waals surface area contributed by atoms with Gasteiger partial charge in [-0.05, 0) is 54.9 Å². The van der Waals surface area contributed by atoms with Gasteiger partial charge in [-0.1, -0.05) is 42.5 Å². The van der Waals surface area contributed by atoms with Gasteiger partial charge in [0.2, 0.25) is 0 Å². The van der Waals surface area contributed by atoms with E-state index in [0.717, 1.165) is 42.6 Å². The number of nitrogens with zero attached hydrogens (tertiary/aromatic N) is 3. The third-order valence-corrected chi connectivity index (χ3v) is 6.72. The molecule has 0 unspecified atom stereocenters. The topological polar surface area (TPSA) is 45.7 Å². The first kappa shape index (κ1) is 21.1. The lowest BCUT2D eigenvalue weighted by molar-refractivity contribution is 0.0735. The highest BCUT2D eigenvalue weighted by molar-refractivity contribution is 5.95. The quantitative estimate of drug-likeness (QED) is 0.611. The molecule has 0 spiro atoms. The Morgan fingerprint density at radius 2 is 1.78 bits per heavy atom. The van der Waals surface area contributed by atoms with Crippen LogP contribution in [0.1, 0.15) is 34.3 Å². The van der Waals surface area contributed by atoms with E-state index in [9.17, 15) is 4.79 Å². The summed E-state index contributed by atoms with van der Waals surface area (Å²) in [4.78, 5) is 22.5. The largest absolute Gasteiger partial charge is 0.379 e. The van der Waals surface area contributed by atoms with Gasteiger partial charge in [0.05, 0.1) is 13.2 Å². The third kappa shape index (κ3) is 4.69. The van der Waals surface area contributed by atoms with Gasteiger partial charge in [0.1, 0.15) is 0 Å². The van der Waals surface area contributed by atoms with Crippen molar-refractivity contribution >= 4 is 16.7 Å². The molecule has 2 aliphatic heterocycles. The number of hydrogen-bond acceptors (Lipinski definition) is 4. The van der Waals surface area contributed by atoms with Crippen molar-refractivity contribution in [1.82, 2.24) is 14.8 Å². The van der Waals surface area contributed by atoms with Gasteiger partial charge in [0.15, 0.2) is 0 Å². The summed E-state index contributed by atoms with van der Waals surface area (Å²) in [5, 5.41) is 2.39. The molecule has 2 aliphatic rings. The maximum absolute atomic E-state index is 13.6. The van der Waals surface area contributed by atoms with E-state index in [2.05, 4.69) is 34.1 Å². The maximum atomic E-state index is 13.6. The Balaban J connectivity index is 1.33. The first-order chi connectivity index (χ1) is 15.8. The zero-order valence-electron chi connectivity index (χ0n) is 18.6. The standard InChI is InChI=1S/C27H31N3O2/c31-27(26-10-4-2-8-23(26)19-29-11-5-6-12-29)30-13-14-32-20-21(18-30)15-24-17-28-16-22-7-1-3-9-25(22)24/h1-4,7-10,16-17,21H,5-6,11-15,18-20H2/t21-/m0/s1. The Kier molecular flexibility index (Phi) is 6.46. The summed E-state index contributed by atoms with van der Waals surface area (Å²) in [6.07, 6.45) is 7.24. The van der Waals surface area contributed by atoms with Crippen LogP contribution in [0.3, 0.4) is 0 Å². The molecule has 166 valence electrons. The van der Waals surface area contributed by atoms with Gasteiger partial charge in [-0.2, -0.15) is 0 Å². The number of likely N-dealkylation sites (tertiary alicyclic amines) is 1. The van der Waals surface area contributed by atoms with Crippen LogP contribution in [0.4, 0.5) is 0 Å². The average Bonchev–Trinajstić information content (AvgIpc) is 3.23. The highest BCUT2D eigenvalue weighted by Gasteiger charge is 2.26. The summed E-state index contributed by atoms with van der Waals surface area (Å²) >= 11 is 0. The second-order valence-electron chi connectivity index (χ2n) is 9.06. The van der Waals surface area contributed by atoms with Gasteiger partial charge in [0.25, 0.3) is 5.91 Å². The minimum Gasteiger partial charge on any atom is -0.379 e. The molecule has 5 heteroatoms. The predicted molar refractivity (Wildman–Crippen MR) is 127 cm³/mol. The number of fused-ring (bicyclic) bond motifs is 1. The van der Waals surface area contributed by atoms with E-state index < -0.39 is 0 Å². The third-order valence-electron chi connectivity index (χ3n) is 6.72. The van der Waals surface area contributed by atoms with Crippen molar-refractivity contribution in [1.29, 1.82) is 0 Å². The normalized spacial score (nSPS) is 19.9. The van der Waals surface area contributed by atoms with E-state index in [0.29, 0.717) is 26.3 Å². The van der Waals surface area contributed by atoms with E-state index in [-0.39, 0.29) is 11.8 Å². The zero-order valence-corrected chi connectivity index (χ0v) is 18.6. The molecule has 0 N–H and O–H groups in total. The molecule has 2 aromatic carbocycles. The Hall–Kier alpha value is -2.76. The average molecular weight is 430 g/mol. The molecule has 1 atom stereocenters. The molecule has 1 amide bonds. The summed E-state index contributed by atoms with van der Waals surface area (Å²) in [7, 11) is 0. The van der Waals surface area contributed by atoms with Crippen molar-refractivity contribution in [3.8, 4) is 0 Å². The van der Waals surface area contributed by atoms with E-state index in [4.69, 9.17) is 4.74 Å². The van der Waals surface area contributed by atoms with Gasteiger partial charge in [0, 0.05) is 48.9 Å². The molecule has 2 saturated heterocycles. The zero-order chi connectivity index (χ0) is 21.8. The number of hydrogen-bond donors (Lipinski definition) is 0. The Morgan fingerprint density at radius 3 is 2.69 bits per heavy atom. The van der Waals surface area contributed by atoms with E-state index in [1.165, 1.54) is 23.8 Å². The molecule has 5 nitrogen and oxygen atoms in total. The van der Waals surface area contributed by atoms with Crippen LogP contribution >= 0.6 is 0 Å². The van der Waals surface area contributed by atoms with Crippen LogP contribution in [0.25, 0.3) is 10.8 Å². The van der Waals surface area contributed by atoms with Crippen LogP contribution in [0.2, 0.25) is 0 Å². The molecular weight excluding hydrogens is 398 g/mol. The summed E-state index contributed by atoms with van der Waals surface area (Å²) in [5.74, 6) is 0.381. The minimum atomic E-state index is 0.131. The number of amides is 1. The molecule has 5 rings (SSSR count). The van der Waals surface area contributed by atoms with Crippen LogP contribution < -0.4 is 0 Å². The Morgan fingerprint density at radius 1 is 0.969 bits per heavy atom. The molecule has 0 saturated carbocycles. The van der Waals surface area contributed by atoms with Crippen LogP contribution in [0.5, 0.6) is 0 Å². The second-order valence-corrected chi connectivity index (χ2v) is 9.06. The fraction of sp³-hybridized carbons (Fsp3) is 0.407. The Bertz CT molecular complexity index is 1070. The second kappa shape index (κ2) is 9.80. The SMILES string of the molecule is O=C(c1ccccc1CN1CCCC1)N1CCOC[C@@H](Cc2cncc3ccccc23)C1. The first-order valence-corrected chi connectivity index (χ1v) is 11.8. The molecule has 0 radical (unpaired) electrons. The van der Waals surface area contributed by atoms with Crippen molar-refractivity contribution in [2.45, 2.75) is 25.8 Å². The molecule has 3 heterocycles. The molecule has 0 bridgehead atoms. The lowest BCUT2D eigenvalue weighted by Gasteiger charge is -2.26. The number of benzene rings is 2. The van der Waals surface area contributed by atoms with Gasteiger partial charge < -0.3 is 9.64 Å². The van der Waals surface area contributed by atoms with Crippen molar-refractivity contribution in [2.24, 2.45) is 5.92 Å². The van der Waals surface area contributed by atoms with Gasteiger partial charge in [-0.25, -0.2) is 0 Å². The highest BCUT2D eigenvalue weighted by Crippen LogP contribution is 2.23. The molecule has 32 heavy (non-hydrogen) atoms. The lowest BCUT2D eigenvalue weighted by Crippen LogP contribution is -2.37. The number of carbonyl (C=O) groups excluding carboxylic acids is 1. The van der Waals surface area contributed by atoms with E-state index >= 15 is 0 Å². The number of ether oxygens (including phenoxy) is 1. The summed E-state index contributed by atoms with van der Waals surface area (Å²) < 4.78 is 5.92.